The maximum atomic E-state index is 12.5. The zero-order chi connectivity index (χ0) is 21.1. The van der Waals surface area contributed by atoms with Gasteiger partial charge in [0.25, 0.3) is 0 Å². The lowest BCUT2D eigenvalue weighted by atomic mass is 10.1. The van der Waals surface area contributed by atoms with E-state index in [1.54, 1.807) is 43.5 Å². The summed E-state index contributed by atoms with van der Waals surface area (Å²) in [6.07, 6.45) is 1.59. The summed E-state index contributed by atoms with van der Waals surface area (Å²) in [4.78, 5) is 26.5. The largest absolute Gasteiger partial charge is 0.497 e. The molecule has 1 fully saturated rings. The van der Waals surface area contributed by atoms with Gasteiger partial charge in [-0.2, -0.15) is 0 Å². The number of hydrogen-bond donors (Lipinski definition) is 0. The van der Waals surface area contributed by atoms with Crippen molar-refractivity contribution in [3.63, 3.8) is 0 Å². The second kappa shape index (κ2) is 8.32. The van der Waals surface area contributed by atoms with Crippen molar-refractivity contribution in [3.05, 3.63) is 48.4 Å². The number of amides is 1. The molecule has 9 heteroatoms. The molecule has 1 amide bonds. The molecule has 4 rings (SSSR count). The fourth-order valence-electron chi connectivity index (χ4n) is 3.28. The number of esters is 1. The van der Waals surface area contributed by atoms with Crippen LogP contribution in [0, 0.1) is 5.92 Å². The lowest BCUT2D eigenvalue weighted by Crippen LogP contribution is -2.26. The summed E-state index contributed by atoms with van der Waals surface area (Å²) in [7, 11) is 3.06. The van der Waals surface area contributed by atoms with Crippen LogP contribution in [0.1, 0.15) is 12.1 Å². The van der Waals surface area contributed by atoms with Gasteiger partial charge < -0.3 is 28.1 Å². The maximum Gasteiger partial charge on any atom is 0.311 e. The molecule has 1 saturated heterocycles. The average Bonchev–Trinajstić information content (AvgIpc) is 3.52. The Kier molecular flexibility index (Phi) is 5.42. The highest BCUT2D eigenvalue weighted by molar-refractivity contribution is 6.00. The first-order chi connectivity index (χ1) is 14.6. The van der Waals surface area contributed by atoms with Crippen molar-refractivity contribution >= 4 is 17.6 Å². The summed E-state index contributed by atoms with van der Waals surface area (Å²) in [6, 6.07) is 10.3. The zero-order valence-electron chi connectivity index (χ0n) is 16.5. The molecule has 0 radical (unpaired) electrons. The third kappa shape index (κ3) is 3.86. The van der Waals surface area contributed by atoms with Gasteiger partial charge in [-0.15, -0.1) is 0 Å². The maximum absolute atomic E-state index is 12.5. The minimum atomic E-state index is -0.583. The topological polar surface area (TPSA) is 104 Å². The van der Waals surface area contributed by atoms with Crippen molar-refractivity contribution in [2.75, 3.05) is 25.7 Å². The average molecular weight is 412 g/mol. The van der Waals surface area contributed by atoms with E-state index >= 15 is 0 Å². The Labute approximate surface area is 172 Å². The number of benzene rings is 1. The van der Waals surface area contributed by atoms with Crippen LogP contribution in [0.5, 0.6) is 11.5 Å². The normalized spacial score (nSPS) is 16.0. The van der Waals surface area contributed by atoms with Gasteiger partial charge in [0, 0.05) is 25.1 Å². The van der Waals surface area contributed by atoms with Crippen molar-refractivity contribution < 1.29 is 32.7 Å². The van der Waals surface area contributed by atoms with Crippen LogP contribution in [-0.2, 0) is 20.9 Å². The Balaban J connectivity index is 1.39. The van der Waals surface area contributed by atoms with Crippen LogP contribution in [0.15, 0.2) is 51.6 Å². The Morgan fingerprint density at radius 3 is 2.80 bits per heavy atom. The van der Waals surface area contributed by atoms with E-state index < -0.39 is 11.9 Å². The molecule has 1 aliphatic heterocycles. The van der Waals surface area contributed by atoms with Crippen LogP contribution in [0.2, 0.25) is 0 Å². The summed E-state index contributed by atoms with van der Waals surface area (Å²) in [6.45, 7) is 0.149. The SMILES string of the molecule is COc1ccc(N2C[C@H](C(=O)OCc3cc(-c4ccco4)on3)CC2=O)c(OC)c1. The van der Waals surface area contributed by atoms with Crippen LogP contribution in [-0.4, -0.2) is 37.8 Å². The Bertz CT molecular complexity index is 1040. The first kappa shape index (κ1) is 19.6. The summed E-state index contributed by atoms with van der Waals surface area (Å²) in [5, 5.41) is 3.87. The molecular weight excluding hydrogens is 392 g/mol. The predicted octanol–water partition coefficient (Wildman–Crippen LogP) is 3.05. The number of aromatic nitrogens is 1. The Morgan fingerprint density at radius 2 is 2.07 bits per heavy atom. The van der Waals surface area contributed by atoms with E-state index in [4.69, 9.17) is 23.2 Å². The van der Waals surface area contributed by atoms with Gasteiger partial charge in [0.1, 0.15) is 23.8 Å². The molecule has 1 aromatic carbocycles. The second-order valence-corrected chi connectivity index (χ2v) is 6.71. The molecule has 156 valence electrons. The van der Waals surface area contributed by atoms with Crippen LogP contribution in [0.3, 0.4) is 0 Å². The third-order valence-corrected chi connectivity index (χ3v) is 4.82. The number of ether oxygens (including phenoxy) is 3. The van der Waals surface area contributed by atoms with Crippen LogP contribution in [0.4, 0.5) is 5.69 Å². The number of nitrogens with zero attached hydrogens (tertiary/aromatic N) is 2. The molecule has 0 N–H and O–H groups in total. The van der Waals surface area contributed by atoms with E-state index in [-0.39, 0.29) is 25.5 Å². The molecule has 0 saturated carbocycles. The molecule has 3 aromatic rings. The minimum absolute atomic E-state index is 0.0560. The molecule has 0 bridgehead atoms. The van der Waals surface area contributed by atoms with Crippen molar-refractivity contribution in [1.29, 1.82) is 0 Å². The van der Waals surface area contributed by atoms with Gasteiger partial charge in [-0.05, 0) is 24.3 Å². The molecule has 1 atom stereocenters. The van der Waals surface area contributed by atoms with E-state index in [9.17, 15) is 9.59 Å². The van der Waals surface area contributed by atoms with Crippen molar-refractivity contribution in [3.8, 4) is 23.0 Å². The number of methoxy groups -OCH3 is 2. The Morgan fingerprint density at radius 1 is 1.20 bits per heavy atom. The highest BCUT2D eigenvalue weighted by Gasteiger charge is 2.37. The van der Waals surface area contributed by atoms with E-state index in [0.29, 0.717) is 34.4 Å². The molecule has 30 heavy (non-hydrogen) atoms. The number of carbonyl (C=O) groups is 2. The summed E-state index contributed by atoms with van der Waals surface area (Å²) in [5.41, 5.74) is 1.03. The highest BCUT2D eigenvalue weighted by Crippen LogP contribution is 2.36. The second-order valence-electron chi connectivity index (χ2n) is 6.71. The fourth-order valence-corrected chi connectivity index (χ4v) is 3.28. The molecule has 0 aliphatic carbocycles. The molecule has 2 aromatic heterocycles. The van der Waals surface area contributed by atoms with E-state index in [1.807, 2.05) is 0 Å². The van der Waals surface area contributed by atoms with E-state index in [1.165, 1.54) is 18.3 Å². The Hall–Kier alpha value is -3.75. The van der Waals surface area contributed by atoms with Crippen molar-refractivity contribution in [2.24, 2.45) is 5.92 Å². The van der Waals surface area contributed by atoms with Crippen LogP contribution < -0.4 is 14.4 Å². The van der Waals surface area contributed by atoms with Crippen molar-refractivity contribution in [2.45, 2.75) is 13.0 Å². The molecular formula is C21H20N2O7. The minimum Gasteiger partial charge on any atom is -0.497 e. The summed E-state index contributed by atoms with van der Waals surface area (Å²) in [5.74, 6) is 0.846. The van der Waals surface area contributed by atoms with Crippen LogP contribution >= 0.6 is 0 Å². The quantitative estimate of drug-likeness (QED) is 0.546. The number of furan rings is 1. The summed E-state index contributed by atoms with van der Waals surface area (Å²) < 4.78 is 26.3. The highest BCUT2D eigenvalue weighted by atomic mass is 16.5. The predicted molar refractivity (Wildman–Crippen MR) is 104 cm³/mol. The molecule has 3 heterocycles. The number of anilines is 1. The first-order valence-corrected chi connectivity index (χ1v) is 9.27. The van der Waals surface area contributed by atoms with E-state index in [2.05, 4.69) is 5.16 Å². The van der Waals surface area contributed by atoms with Gasteiger partial charge in [-0.25, -0.2) is 0 Å². The van der Waals surface area contributed by atoms with Gasteiger partial charge in [0.15, 0.2) is 5.76 Å². The standard InChI is InChI=1S/C21H20N2O7/c1-26-15-5-6-16(18(10-15)27-2)23-11-13(8-20(23)24)21(25)29-12-14-9-19(30-22-14)17-4-3-7-28-17/h3-7,9-10,13H,8,11-12H2,1-2H3/t13-/m1/s1. The van der Waals surface area contributed by atoms with Gasteiger partial charge in [-0.1, -0.05) is 5.16 Å². The van der Waals surface area contributed by atoms with Gasteiger partial charge in [0.05, 0.1) is 32.1 Å². The third-order valence-electron chi connectivity index (χ3n) is 4.82. The van der Waals surface area contributed by atoms with Gasteiger partial charge >= 0.3 is 5.97 Å². The molecule has 1 aliphatic rings. The number of rotatable bonds is 7. The monoisotopic (exact) mass is 412 g/mol. The zero-order valence-corrected chi connectivity index (χ0v) is 16.5. The molecule has 9 nitrogen and oxygen atoms in total. The number of carbonyl (C=O) groups excluding carboxylic acids is 2. The first-order valence-electron chi connectivity index (χ1n) is 9.27. The van der Waals surface area contributed by atoms with E-state index in [0.717, 1.165) is 0 Å². The molecule has 0 unspecified atom stereocenters. The van der Waals surface area contributed by atoms with Crippen LogP contribution in [0.25, 0.3) is 11.5 Å². The van der Waals surface area contributed by atoms with Gasteiger partial charge in [-0.3, -0.25) is 9.59 Å². The van der Waals surface area contributed by atoms with Gasteiger partial charge in [0.2, 0.25) is 11.7 Å². The van der Waals surface area contributed by atoms with Crippen molar-refractivity contribution in [1.82, 2.24) is 5.16 Å². The molecule has 0 spiro atoms. The lowest BCUT2D eigenvalue weighted by molar-refractivity contribution is -0.149. The number of hydrogen-bond acceptors (Lipinski definition) is 8. The smallest absolute Gasteiger partial charge is 0.311 e. The fraction of sp³-hybridized carbons (Fsp3) is 0.286. The lowest BCUT2D eigenvalue weighted by Gasteiger charge is -2.20. The summed E-state index contributed by atoms with van der Waals surface area (Å²) >= 11 is 0.